The summed E-state index contributed by atoms with van der Waals surface area (Å²) < 4.78 is 5.42. The van der Waals surface area contributed by atoms with Crippen molar-refractivity contribution in [1.82, 2.24) is 25.3 Å². The fourth-order valence-corrected chi connectivity index (χ4v) is 5.70. The first-order valence-electron chi connectivity index (χ1n) is 15.5. The Morgan fingerprint density at radius 2 is 1.59 bits per heavy atom. The van der Waals surface area contributed by atoms with Crippen molar-refractivity contribution in [3.8, 4) is 0 Å². The monoisotopic (exact) mass is 625 g/mol. The van der Waals surface area contributed by atoms with Crippen molar-refractivity contribution in [2.45, 2.75) is 104 Å². The van der Waals surface area contributed by atoms with Crippen molar-refractivity contribution in [3.63, 3.8) is 0 Å². The molecule has 14 heteroatoms. The number of aliphatic hydroxyl groups is 2. The molecule has 2 aliphatic rings. The summed E-state index contributed by atoms with van der Waals surface area (Å²) in [5.41, 5.74) is 0. The van der Waals surface area contributed by atoms with Gasteiger partial charge in [-0.05, 0) is 31.1 Å². The Labute approximate surface area is 259 Å². The van der Waals surface area contributed by atoms with E-state index < -0.39 is 84.9 Å². The molecule has 2 aliphatic heterocycles. The number of rotatable bonds is 6. The molecule has 14 nitrogen and oxygen atoms in total. The van der Waals surface area contributed by atoms with Crippen LogP contribution in [0.25, 0.3) is 0 Å². The molecular formula is C30H51N5O9. The Balaban J connectivity index is 2.59. The van der Waals surface area contributed by atoms with Gasteiger partial charge in [0.2, 0.25) is 23.6 Å². The first-order valence-corrected chi connectivity index (χ1v) is 15.5. The molecule has 8 atom stereocenters. The highest BCUT2D eigenvalue weighted by atomic mass is 16.5. The van der Waals surface area contributed by atoms with Crippen LogP contribution in [0.2, 0.25) is 0 Å². The molecule has 0 aromatic heterocycles. The molecule has 0 radical (unpaired) electrons. The molecule has 4 N–H and O–H groups in total. The first-order chi connectivity index (χ1) is 20.6. The van der Waals surface area contributed by atoms with Crippen LogP contribution in [0, 0.1) is 17.8 Å². The zero-order valence-corrected chi connectivity index (χ0v) is 27.2. The lowest BCUT2D eigenvalue weighted by Crippen LogP contribution is -2.61. The lowest BCUT2D eigenvalue weighted by molar-refractivity contribution is -0.164. The highest BCUT2D eigenvalue weighted by molar-refractivity contribution is 5.96. The molecule has 250 valence electrons. The molecular weight excluding hydrogens is 574 g/mol. The van der Waals surface area contributed by atoms with Crippen molar-refractivity contribution in [1.29, 1.82) is 0 Å². The summed E-state index contributed by atoms with van der Waals surface area (Å²) in [7, 11) is 2.96. The molecule has 0 aromatic rings. The molecule has 0 aliphatic carbocycles. The fraction of sp³-hybridized carbons (Fsp3) is 0.800. The highest BCUT2D eigenvalue weighted by Gasteiger charge is 2.45. The molecule has 0 bridgehead atoms. The minimum absolute atomic E-state index is 0.151. The number of amides is 5. The zero-order valence-electron chi connectivity index (χ0n) is 27.2. The van der Waals surface area contributed by atoms with Gasteiger partial charge in [-0.2, -0.15) is 0 Å². The van der Waals surface area contributed by atoms with E-state index in [-0.39, 0.29) is 37.3 Å². The van der Waals surface area contributed by atoms with Crippen molar-refractivity contribution in [3.05, 3.63) is 0 Å². The van der Waals surface area contributed by atoms with Gasteiger partial charge in [0.05, 0.1) is 19.1 Å². The Morgan fingerprint density at radius 3 is 2.16 bits per heavy atom. The first kappa shape index (κ1) is 36.9. The minimum Gasteiger partial charge on any atom is -0.452 e. The molecule has 2 saturated heterocycles. The average molecular weight is 626 g/mol. The number of esters is 1. The molecule has 5 amide bonds. The van der Waals surface area contributed by atoms with Crippen LogP contribution in [0.1, 0.15) is 67.2 Å². The number of ether oxygens (including phenoxy) is 1. The van der Waals surface area contributed by atoms with Crippen LogP contribution in [-0.2, 0) is 33.5 Å². The second kappa shape index (κ2) is 16.2. The lowest BCUT2D eigenvalue weighted by atomic mass is 9.94. The second-order valence-corrected chi connectivity index (χ2v) is 12.5. The van der Waals surface area contributed by atoms with E-state index in [9.17, 15) is 39.0 Å². The average Bonchev–Trinajstić information content (AvgIpc) is 3.37. The normalized spacial score (nSPS) is 30.2. The second-order valence-electron chi connectivity index (χ2n) is 12.5. The maximum atomic E-state index is 14.0. The number of cyclic esters (lactones) is 1. The number of likely N-dealkylation sites (N-methyl/N-ethyl adjacent to an activating group) is 2. The maximum absolute atomic E-state index is 14.0. The van der Waals surface area contributed by atoms with Crippen molar-refractivity contribution < 1.29 is 43.7 Å². The predicted octanol–water partition coefficient (Wildman–Crippen LogP) is -0.741. The van der Waals surface area contributed by atoms with Crippen molar-refractivity contribution in [2.24, 2.45) is 17.8 Å². The maximum Gasteiger partial charge on any atom is 0.308 e. The van der Waals surface area contributed by atoms with E-state index in [0.29, 0.717) is 12.8 Å². The van der Waals surface area contributed by atoms with Crippen molar-refractivity contribution in [2.75, 3.05) is 33.8 Å². The van der Waals surface area contributed by atoms with E-state index in [1.54, 1.807) is 20.8 Å². The largest absolute Gasteiger partial charge is 0.452 e. The molecule has 0 aromatic carbocycles. The summed E-state index contributed by atoms with van der Waals surface area (Å²) in [6.45, 7) is 9.93. The van der Waals surface area contributed by atoms with Gasteiger partial charge in [-0.25, -0.2) is 0 Å². The Kier molecular flexibility index (Phi) is 13.6. The smallest absolute Gasteiger partial charge is 0.308 e. The molecule has 2 fully saturated rings. The Morgan fingerprint density at radius 1 is 0.955 bits per heavy atom. The van der Waals surface area contributed by atoms with Gasteiger partial charge < -0.3 is 40.3 Å². The summed E-state index contributed by atoms with van der Waals surface area (Å²) in [6, 6.07) is -3.90. The molecule has 44 heavy (non-hydrogen) atoms. The van der Waals surface area contributed by atoms with Gasteiger partial charge >= 0.3 is 5.97 Å². The summed E-state index contributed by atoms with van der Waals surface area (Å²) >= 11 is 0. The van der Waals surface area contributed by atoms with E-state index in [4.69, 9.17) is 4.74 Å². The zero-order chi connectivity index (χ0) is 33.5. The number of carbonyl (C=O) groups is 6. The van der Waals surface area contributed by atoms with E-state index in [2.05, 4.69) is 10.6 Å². The van der Waals surface area contributed by atoms with Gasteiger partial charge in [-0.3, -0.25) is 28.8 Å². The number of nitrogens with one attached hydrogen (secondary N) is 2. The predicted molar refractivity (Wildman–Crippen MR) is 160 cm³/mol. The van der Waals surface area contributed by atoms with Crippen LogP contribution >= 0.6 is 0 Å². The van der Waals surface area contributed by atoms with Gasteiger partial charge in [-0.1, -0.05) is 41.0 Å². The molecule has 0 saturated carbocycles. The van der Waals surface area contributed by atoms with Gasteiger partial charge in [0.1, 0.15) is 24.2 Å². The Hall–Kier alpha value is -3.26. The van der Waals surface area contributed by atoms with Crippen LogP contribution < -0.4 is 10.6 Å². The number of hydrogen-bond donors (Lipinski definition) is 4. The molecule has 0 spiro atoms. The number of aliphatic hydroxyl groups excluding tert-OH is 2. The molecule has 2 rings (SSSR count). The van der Waals surface area contributed by atoms with Gasteiger partial charge in [-0.15, -0.1) is 0 Å². The van der Waals surface area contributed by atoms with Crippen LogP contribution in [-0.4, -0.2) is 131 Å². The van der Waals surface area contributed by atoms with E-state index >= 15 is 0 Å². The number of nitrogens with zero attached hydrogens (tertiary/aromatic N) is 3. The number of hydrogen-bond acceptors (Lipinski definition) is 9. The third-order valence-electron chi connectivity index (χ3n) is 8.86. The third-order valence-corrected chi connectivity index (χ3v) is 8.86. The van der Waals surface area contributed by atoms with Gasteiger partial charge in [0.15, 0.2) is 6.10 Å². The standard InChI is InChI=1S/C30H51N5O9/c1-9-17(4)23-29(42)34(8)24(16(2)3)30(43)33(7)19(6)26(39)31-12-10-22(38)44-21(14-20(37)15-36)28(41)35-13-11-18(5)25(35)27(40)32-23/h16-21,23-25,36-37H,9-15H2,1-8H3,(H,31,39)(H,32,40)/t17-,18+,19-,20-,21-,23-,24-,25-/m0/s1. The lowest BCUT2D eigenvalue weighted by Gasteiger charge is -2.38. The third kappa shape index (κ3) is 8.68. The summed E-state index contributed by atoms with van der Waals surface area (Å²) in [6.07, 6.45) is -2.56. The van der Waals surface area contributed by atoms with Crippen molar-refractivity contribution >= 4 is 35.5 Å². The van der Waals surface area contributed by atoms with Crippen LogP contribution in [0.5, 0.6) is 0 Å². The van der Waals surface area contributed by atoms with E-state index in [0.717, 1.165) is 0 Å². The van der Waals surface area contributed by atoms with Crippen LogP contribution in [0.15, 0.2) is 0 Å². The van der Waals surface area contributed by atoms with E-state index in [1.165, 1.54) is 35.7 Å². The molecule has 2 heterocycles. The topological polar surface area (TPSA) is 186 Å². The SMILES string of the molecule is CC[C@H](C)[C@@H]1NC(=O)[C@@H]2[C@H](C)CCN2C(=O)[C@H](C[C@H](O)CO)OC(=O)CCNC(=O)[C@H](C)N(C)C(=O)[C@H](C(C)C)N(C)C1=O. The molecule has 0 unspecified atom stereocenters. The summed E-state index contributed by atoms with van der Waals surface area (Å²) in [4.78, 5) is 84.7. The summed E-state index contributed by atoms with van der Waals surface area (Å²) in [5, 5.41) is 25.0. The van der Waals surface area contributed by atoms with Gasteiger partial charge in [0.25, 0.3) is 5.91 Å². The van der Waals surface area contributed by atoms with Crippen LogP contribution in [0.4, 0.5) is 0 Å². The Bertz CT molecular complexity index is 1070. The van der Waals surface area contributed by atoms with Gasteiger partial charge in [0, 0.05) is 33.6 Å². The highest BCUT2D eigenvalue weighted by Crippen LogP contribution is 2.27. The number of fused-ring (bicyclic) bond motifs is 1. The fourth-order valence-electron chi connectivity index (χ4n) is 5.70. The number of carbonyl (C=O) groups excluding carboxylic acids is 6. The minimum atomic E-state index is -1.49. The van der Waals surface area contributed by atoms with E-state index in [1.807, 2.05) is 13.8 Å². The summed E-state index contributed by atoms with van der Waals surface area (Å²) in [5.74, 6) is -4.54. The quantitative estimate of drug-likeness (QED) is 0.276. The van der Waals surface area contributed by atoms with Crippen LogP contribution in [0.3, 0.4) is 0 Å².